The SMILES string of the molecule is COc1ccc(S(=O)(=O)Oc2cccc(CN(C[C@H]3CCCO3)C(=O)CC(C)C)c2)cc1. The Bertz CT molecular complexity index is 997. The highest BCUT2D eigenvalue weighted by Gasteiger charge is 2.24. The summed E-state index contributed by atoms with van der Waals surface area (Å²) in [4.78, 5) is 14.7. The first-order chi connectivity index (χ1) is 15.3. The van der Waals surface area contributed by atoms with Gasteiger partial charge in [-0.25, -0.2) is 0 Å². The zero-order valence-corrected chi connectivity index (χ0v) is 19.6. The topological polar surface area (TPSA) is 82.1 Å². The van der Waals surface area contributed by atoms with Gasteiger partial charge in [0.1, 0.15) is 16.4 Å². The Labute approximate surface area is 190 Å². The summed E-state index contributed by atoms with van der Waals surface area (Å²) in [5, 5.41) is 0. The molecule has 1 atom stereocenters. The zero-order valence-electron chi connectivity index (χ0n) is 18.8. The Kier molecular flexibility index (Phi) is 8.15. The molecule has 2 aromatic carbocycles. The summed E-state index contributed by atoms with van der Waals surface area (Å²) >= 11 is 0. The minimum absolute atomic E-state index is 0.0378. The van der Waals surface area contributed by atoms with Gasteiger partial charge in [-0.2, -0.15) is 8.42 Å². The lowest BCUT2D eigenvalue weighted by Crippen LogP contribution is -2.37. The maximum Gasteiger partial charge on any atom is 0.339 e. The Morgan fingerprint density at radius 3 is 2.53 bits per heavy atom. The highest BCUT2D eigenvalue weighted by molar-refractivity contribution is 7.87. The van der Waals surface area contributed by atoms with Crippen LogP contribution in [0, 0.1) is 5.92 Å². The van der Waals surface area contributed by atoms with Gasteiger partial charge >= 0.3 is 10.1 Å². The molecule has 0 spiro atoms. The Morgan fingerprint density at radius 1 is 1.16 bits per heavy atom. The molecule has 0 N–H and O–H groups in total. The molecule has 32 heavy (non-hydrogen) atoms. The van der Waals surface area contributed by atoms with Crippen LogP contribution in [0.3, 0.4) is 0 Å². The summed E-state index contributed by atoms with van der Waals surface area (Å²) in [7, 11) is -2.48. The lowest BCUT2D eigenvalue weighted by atomic mass is 10.1. The number of nitrogens with zero attached hydrogens (tertiary/aromatic N) is 1. The number of benzene rings is 2. The minimum Gasteiger partial charge on any atom is -0.497 e. The van der Waals surface area contributed by atoms with Gasteiger partial charge in [-0.05, 0) is 60.7 Å². The molecule has 3 rings (SSSR count). The van der Waals surface area contributed by atoms with E-state index in [0.29, 0.717) is 25.3 Å². The van der Waals surface area contributed by atoms with Gasteiger partial charge < -0.3 is 18.6 Å². The fourth-order valence-corrected chi connectivity index (χ4v) is 4.52. The highest BCUT2D eigenvalue weighted by atomic mass is 32.2. The van der Waals surface area contributed by atoms with Crippen LogP contribution in [0.1, 0.15) is 38.7 Å². The van der Waals surface area contributed by atoms with E-state index in [1.165, 1.54) is 19.2 Å². The van der Waals surface area contributed by atoms with E-state index in [-0.39, 0.29) is 28.6 Å². The molecule has 1 heterocycles. The van der Waals surface area contributed by atoms with Crippen molar-refractivity contribution in [1.29, 1.82) is 0 Å². The molecule has 1 fully saturated rings. The normalized spacial score (nSPS) is 16.2. The van der Waals surface area contributed by atoms with Gasteiger partial charge in [-0.15, -0.1) is 0 Å². The molecule has 1 amide bonds. The fraction of sp³-hybridized carbons (Fsp3) is 0.458. The molecule has 8 heteroatoms. The van der Waals surface area contributed by atoms with E-state index in [0.717, 1.165) is 25.0 Å². The van der Waals surface area contributed by atoms with Gasteiger partial charge in [0.25, 0.3) is 0 Å². The number of carbonyl (C=O) groups excluding carboxylic acids is 1. The molecule has 0 unspecified atom stereocenters. The molecule has 0 saturated carbocycles. The number of hydrogen-bond acceptors (Lipinski definition) is 6. The van der Waals surface area contributed by atoms with E-state index in [1.807, 2.05) is 19.9 Å². The third kappa shape index (κ3) is 6.71. The van der Waals surface area contributed by atoms with E-state index in [4.69, 9.17) is 13.7 Å². The van der Waals surface area contributed by atoms with Gasteiger partial charge in [0, 0.05) is 26.1 Å². The molecule has 1 aliphatic rings. The van der Waals surface area contributed by atoms with E-state index in [1.54, 1.807) is 35.2 Å². The zero-order chi connectivity index (χ0) is 23.1. The van der Waals surface area contributed by atoms with Crippen molar-refractivity contribution in [1.82, 2.24) is 4.90 Å². The molecule has 174 valence electrons. The standard InChI is InChI=1S/C24H31NO6S/c1-18(2)14-24(26)25(17-22-8-5-13-30-22)16-19-6-4-7-21(15-19)31-32(27,28)23-11-9-20(29-3)10-12-23/h4,6-7,9-12,15,18,22H,5,8,13-14,16-17H2,1-3H3/t22-/m1/s1. The number of methoxy groups -OCH3 is 1. The number of hydrogen-bond donors (Lipinski definition) is 0. The number of ether oxygens (including phenoxy) is 2. The van der Waals surface area contributed by atoms with Crippen LogP contribution in [0.5, 0.6) is 11.5 Å². The molecular weight excluding hydrogens is 430 g/mol. The fourth-order valence-electron chi connectivity index (χ4n) is 3.60. The first-order valence-corrected chi connectivity index (χ1v) is 12.2. The van der Waals surface area contributed by atoms with Crippen LogP contribution in [0.2, 0.25) is 0 Å². The van der Waals surface area contributed by atoms with Crippen LogP contribution >= 0.6 is 0 Å². The minimum atomic E-state index is -3.99. The molecule has 1 aliphatic heterocycles. The van der Waals surface area contributed by atoms with Gasteiger partial charge in [0.05, 0.1) is 13.2 Å². The van der Waals surface area contributed by atoms with E-state index in [9.17, 15) is 13.2 Å². The van der Waals surface area contributed by atoms with Crippen molar-refractivity contribution in [2.75, 3.05) is 20.3 Å². The summed E-state index contributed by atoms with van der Waals surface area (Å²) in [5.74, 6) is 1.07. The predicted octanol–water partition coefficient (Wildman–Crippen LogP) is 4.02. The maximum absolute atomic E-state index is 12.8. The average Bonchev–Trinajstić information content (AvgIpc) is 3.26. The summed E-state index contributed by atoms with van der Waals surface area (Å²) in [6.45, 7) is 5.65. The van der Waals surface area contributed by atoms with Gasteiger partial charge in [-0.3, -0.25) is 4.79 Å². The lowest BCUT2D eigenvalue weighted by Gasteiger charge is -2.26. The van der Waals surface area contributed by atoms with E-state index in [2.05, 4.69) is 0 Å². The molecule has 7 nitrogen and oxygen atoms in total. The number of amides is 1. The van der Waals surface area contributed by atoms with Gasteiger partial charge in [0.15, 0.2) is 0 Å². The monoisotopic (exact) mass is 461 g/mol. The van der Waals surface area contributed by atoms with Crippen molar-refractivity contribution in [2.45, 2.75) is 50.7 Å². The van der Waals surface area contributed by atoms with Crippen molar-refractivity contribution in [3.8, 4) is 11.5 Å². The molecule has 0 aliphatic carbocycles. The molecule has 0 bridgehead atoms. The van der Waals surface area contributed by atoms with E-state index >= 15 is 0 Å². The largest absolute Gasteiger partial charge is 0.497 e. The van der Waals surface area contributed by atoms with Gasteiger partial charge in [-0.1, -0.05) is 26.0 Å². The third-order valence-corrected chi connectivity index (χ3v) is 6.47. The smallest absolute Gasteiger partial charge is 0.339 e. The molecular formula is C24H31NO6S. The lowest BCUT2D eigenvalue weighted by molar-refractivity contribution is -0.134. The van der Waals surface area contributed by atoms with Crippen LogP contribution in [-0.2, 0) is 26.2 Å². The molecule has 1 saturated heterocycles. The maximum atomic E-state index is 12.8. The van der Waals surface area contributed by atoms with Crippen molar-refractivity contribution < 1.29 is 26.9 Å². The van der Waals surface area contributed by atoms with Crippen molar-refractivity contribution >= 4 is 16.0 Å². The van der Waals surface area contributed by atoms with Crippen LogP contribution in [0.25, 0.3) is 0 Å². The van der Waals surface area contributed by atoms with Crippen LogP contribution < -0.4 is 8.92 Å². The third-order valence-electron chi connectivity index (χ3n) is 5.21. The molecule has 2 aromatic rings. The van der Waals surface area contributed by atoms with E-state index < -0.39 is 10.1 Å². The van der Waals surface area contributed by atoms with Crippen LogP contribution in [-0.4, -0.2) is 45.6 Å². The van der Waals surface area contributed by atoms with Crippen molar-refractivity contribution in [2.24, 2.45) is 5.92 Å². The Hall–Kier alpha value is -2.58. The second-order valence-corrected chi connectivity index (χ2v) is 9.91. The average molecular weight is 462 g/mol. The quantitative estimate of drug-likeness (QED) is 0.497. The summed E-state index contributed by atoms with van der Waals surface area (Å²) in [6, 6.07) is 12.8. The van der Waals surface area contributed by atoms with Gasteiger partial charge in [0.2, 0.25) is 5.91 Å². The predicted molar refractivity (Wildman–Crippen MR) is 121 cm³/mol. The Morgan fingerprint density at radius 2 is 1.91 bits per heavy atom. The highest BCUT2D eigenvalue weighted by Crippen LogP contribution is 2.23. The number of rotatable bonds is 10. The number of carbonyl (C=O) groups is 1. The second-order valence-electron chi connectivity index (χ2n) is 8.37. The Balaban J connectivity index is 1.74. The first kappa shape index (κ1) is 24.1. The summed E-state index contributed by atoms with van der Waals surface area (Å²) in [6.07, 6.45) is 2.44. The summed E-state index contributed by atoms with van der Waals surface area (Å²) in [5.41, 5.74) is 0.794. The van der Waals surface area contributed by atoms with Crippen molar-refractivity contribution in [3.05, 3.63) is 54.1 Å². The van der Waals surface area contributed by atoms with Crippen molar-refractivity contribution in [3.63, 3.8) is 0 Å². The first-order valence-electron chi connectivity index (χ1n) is 10.8. The van der Waals surface area contributed by atoms with Crippen LogP contribution in [0.15, 0.2) is 53.4 Å². The molecule has 0 aromatic heterocycles. The second kappa shape index (κ2) is 10.8. The molecule has 0 radical (unpaired) electrons. The van der Waals surface area contributed by atoms with Crippen LogP contribution in [0.4, 0.5) is 0 Å². The summed E-state index contributed by atoms with van der Waals surface area (Å²) < 4.78 is 41.4.